The summed E-state index contributed by atoms with van der Waals surface area (Å²) in [4.78, 5) is 37.8. The molecular weight excluding hydrogens is 701 g/mol. The summed E-state index contributed by atoms with van der Waals surface area (Å²) < 4.78 is 22.1. The number of rotatable bonds is 12. The normalized spacial score (nSPS) is 10.8. The smallest absolute Gasteiger partial charge is 0.340 e. The molecule has 0 unspecified atom stereocenters. The molecule has 0 bridgehead atoms. The van der Waals surface area contributed by atoms with Crippen LogP contribution in [-0.2, 0) is 9.47 Å². The van der Waals surface area contributed by atoms with E-state index in [0.717, 1.165) is 33.4 Å². The lowest BCUT2D eigenvalue weighted by Gasteiger charge is -2.18. The lowest BCUT2D eigenvalue weighted by atomic mass is 9.92. The maximum absolute atomic E-state index is 13.8. The standard InChI is InChI=1S/C48H40N2O6/c1-5-55-47(51)43-39(31-20-24-37(53-3)25-21-31)29-41(49-45(43)33-14-9-7-10-15-33)35-18-13-19-36(28-35)42-30-40(32-22-26-38(54-4)27-23-32)44(48(52)56-6-2)46(50-42)34-16-11-8-12-17-34/h7-30H,5-6H2,1-4H3. The molecule has 0 aliphatic heterocycles. The summed E-state index contributed by atoms with van der Waals surface area (Å²) in [6, 6.07) is 46.2. The van der Waals surface area contributed by atoms with E-state index < -0.39 is 11.9 Å². The van der Waals surface area contributed by atoms with Crippen molar-refractivity contribution < 1.29 is 28.5 Å². The third-order valence-electron chi connectivity index (χ3n) is 9.35. The van der Waals surface area contributed by atoms with Gasteiger partial charge in [-0.15, -0.1) is 0 Å². The van der Waals surface area contributed by atoms with Crippen molar-refractivity contribution in [1.29, 1.82) is 0 Å². The SMILES string of the molecule is CCOC(=O)c1c(-c2ccc(OC)cc2)cc(-c2cccc(-c3cc(-c4ccc(OC)cc4)c(C(=O)OCC)c(-c4ccccc4)n3)c2)nc1-c1ccccc1. The Balaban J connectivity index is 1.46. The van der Waals surface area contributed by atoms with Crippen LogP contribution in [0.1, 0.15) is 34.6 Å². The second-order valence-corrected chi connectivity index (χ2v) is 12.8. The molecule has 7 aromatic rings. The zero-order chi connectivity index (χ0) is 39.0. The number of carbonyl (C=O) groups is 2. The summed E-state index contributed by atoms with van der Waals surface area (Å²) in [5.74, 6) is 0.467. The van der Waals surface area contributed by atoms with Gasteiger partial charge >= 0.3 is 11.9 Å². The van der Waals surface area contributed by atoms with Gasteiger partial charge in [0, 0.05) is 33.4 Å². The first-order valence-electron chi connectivity index (χ1n) is 18.4. The van der Waals surface area contributed by atoms with Crippen LogP contribution in [0.25, 0.3) is 67.3 Å². The van der Waals surface area contributed by atoms with Crippen molar-refractivity contribution in [2.45, 2.75) is 13.8 Å². The molecule has 0 fully saturated rings. The minimum Gasteiger partial charge on any atom is -0.497 e. The molecular formula is C48H40N2O6. The molecule has 0 spiro atoms. The molecule has 8 nitrogen and oxygen atoms in total. The number of hydrogen-bond acceptors (Lipinski definition) is 8. The van der Waals surface area contributed by atoms with Crippen LogP contribution in [0, 0.1) is 0 Å². The fourth-order valence-corrected chi connectivity index (χ4v) is 6.65. The first-order valence-corrected chi connectivity index (χ1v) is 18.4. The average molecular weight is 741 g/mol. The molecule has 0 aliphatic rings. The van der Waals surface area contributed by atoms with Gasteiger partial charge in [0.05, 0.1) is 61.3 Å². The highest BCUT2D eigenvalue weighted by atomic mass is 16.5. The summed E-state index contributed by atoms with van der Waals surface area (Å²) in [5, 5.41) is 0. The molecule has 0 N–H and O–H groups in total. The molecule has 0 radical (unpaired) electrons. The average Bonchev–Trinajstić information content (AvgIpc) is 3.26. The molecule has 278 valence electrons. The summed E-state index contributed by atoms with van der Waals surface area (Å²) in [5.41, 5.74) is 9.14. The van der Waals surface area contributed by atoms with E-state index >= 15 is 0 Å². The second-order valence-electron chi connectivity index (χ2n) is 12.8. The van der Waals surface area contributed by atoms with E-state index in [9.17, 15) is 9.59 Å². The summed E-state index contributed by atoms with van der Waals surface area (Å²) in [7, 11) is 3.23. The van der Waals surface area contributed by atoms with Crippen LogP contribution in [-0.4, -0.2) is 49.3 Å². The highest BCUT2D eigenvalue weighted by Gasteiger charge is 2.26. The van der Waals surface area contributed by atoms with Crippen LogP contribution in [0.3, 0.4) is 0 Å². The molecule has 5 aromatic carbocycles. The third kappa shape index (κ3) is 7.77. The van der Waals surface area contributed by atoms with Crippen molar-refractivity contribution in [1.82, 2.24) is 9.97 Å². The van der Waals surface area contributed by atoms with Crippen molar-refractivity contribution in [3.05, 3.63) is 157 Å². The van der Waals surface area contributed by atoms with Gasteiger partial charge in [0.15, 0.2) is 0 Å². The lowest BCUT2D eigenvalue weighted by Crippen LogP contribution is -2.11. The Labute approximate surface area is 326 Å². The van der Waals surface area contributed by atoms with Gasteiger partial charge in [0.2, 0.25) is 0 Å². The summed E-state index contributed by atoms with van der Waals surface area (Å²) in [6.07, 6.45) is 0. The maximum atomic E-state index is 13.8. The Bertz CT molecular complexity index is 2310. The Hall–Kier alpha value is -7.06. The summed E-state index contributed by atoms with van der Waals surface area (Å²) in [6.45, 7) is 4.00. The van der Waals surface area contributed by atoms with Gasteiger partial charge in [-0.3, -0.25) is 0 Å². The Kier molecular flexibility index (Phi) is 11.3. The molecule has 0 amide bonds. The van der Waals surface area contributed by atoms with Gasteiger partial charge in [-0.05, 0) is 67.4 Å². The molecule has 0 atom stereocenters. The molecule has 8 heteroatoms. The Morgan fingerprint density at radius 1 is 0.446 bits per heavy atom. The highest BCUT2D eigenvalue weighted by Crippen LogP contribution is 2.39. The van der Waals surface area contributed by atoms with Gasteiger partial charge < -0.3 is 18.9 Å². The Morgan fingerprint density at radius 3 is 1.18 bits per heavy atom. The largest absolute Gasteiger partial charge is 0.497 e. The number of carbonyl (C=O) groups excluding carboxylic acids is 2. The van der Waals surface area contributed by atoms with E-state index in [4.69, 9.17) is 28.9 Å². The van der Waals surface area contributed by atoms with Crippen LogP contribution in [0.15, 0.2) is 146 Å². The molecule has 2 aromatic heterocycles. The predicted octanol–water partition coefficient (Wildman–Crippen LogP) is 10.8. The molecule has 0 saturated carbocycles. The van der Waals surface area contributed by atoms with Crippen molar-refractivity contribution in [2.75, 3.05) is 27.4 Å². The number of pyridine rings is 2. The van der Waals surface area contributed by atoms with Gasteiger partial charge in [-0.25, -0.2) is 19.6 Å². The maximum Gasteiger partial charge on any atom is 0.340 e. The number of benzene rings is 5. The van der Waals surface area contributed by atoms with Crippen LogP contribution in [0.4, 0.5) is 0 Å². The molecule has 2 heterocycles. The van der Waals surface area contributed by atoms with E-state index in [1.54, 1.807) is 28.1 Å². The van der Waals surface area contributed by atoms with E-state index in [0.29, 0.717) is 56.5 Å². The van der Waals surface area contributed by atoms with E-state index in [1.165, 1.54) is 0 Å². The van der Waals surface area contributed by atoms with E-state index in [-0.39, 0.29) is 13.2 Å². The van der Waals surface area contributed by atoms with Crippen molar-refractivity contribution in [3.63, 3.8) is 0 Å². The zero-order valence-corrected chi connectivity index (χ0v) is 31.6. The number of ether oxygens (including phenoxy) is 4. The number of esters is 2. The van der Waals surface area contributed by atoms with Crippen LogP contribution in [0.2, 0.25) is 0 Å². The topological polar surface area (TPSA) is 96.8 Å². The Morgan fingerprint density at radius 2 is 0.821 bits per heavy atom. The molecule has 0 aliphatic carbocycles. The quantitative estimate of drug-likeness (QED) is 0.114. The van der Waals surface area contributed by atoms with Gasteiger partial charge in [-0.1, -0.05) is 103 Å². The highest BCUT2D eigenvalue weighted by molar-refractivity contribution is 6.05. The summed E-state index contributed by atoms with van der Waals surface area (Å²) >= 11 is 0. The number of nitrogens with zero attached hydrogens (tertiary/aromatic N) is 2. The van der Waals surface area contributed by atoms with Crippen molar-refractivity contribution in [2.24, 2.45) is 0 Å². The van der Waals surface area contributed by atoms with E-state index in [2.05, 4.69) is 0 Å². The molecule has 0 saturated heterocycles. The van der Waals surface area contributed by atoms with Crippen LogP contribution < -0.4 is 9.47 Å². The number of hydrogen-bond donors (Lipinski definition) is 0. The van der Waals surface area contributed by atoms with Gasteiger partial charge in [0.1, 0.15) is 11.5 Å². The first kappa shape index (κ1) is 37.3. The first-order chi connectivity index (χ1) is 27.4. The molecule has 7 rings (SSSR count). The third-order valence-corrected chi connectivity index (χ3v) is 9.35. The monoisotopic (exact) mass is 740 g/mol. The van der Waals surface area contributed by atoms with Crippen molar-refractivity contribution in [3.8, 4) is 78.8 Å². The fourth-order valence-electron chi connectivity index (χ4n) is 6.65. The number of aromatic nitrogens is 2. The second kappa shape index (κ2) is 17.0. The van der Waals surface area contributed by atoms with Crippen molar-refractivity contribution >= 4 is 11.9 Å². The molecule has 56 heavy (non-hydrogen) atoms. The van der Waals surface area contributed by atoms with Gasteiger partial charge in [0.25, 0.3) is 0 Å². The lowest BCUT2D eigenvalue weighted by molar-refractivity contribution is 0.0518. The zero-order valence-electron chi connectivity index (χ0n) is 31.6. The van der Waals surface area contributed by atoms with Crippen LogP contribution in [0.5, 0.6) is 11.5 Å². The fraction of sp³-hybridized carbons (Fsp3) is 0.125. The predicted molar refractivity (Wildman–Crippen MR) is 220 cm³/mol. The van der Waals surface area contributed by atoms with E-state index in [1.807, 2.05) is 146 Å². The number of methoxy groups -OCH3 is 2. The minimum atomic E-state index is -0.463. The minimum absolute atomic E-state index is 0.213. The van der Waals surface area contributed by atoms with Gasteiger partial charge in [-0.2, -0.15) is 0 Å². The van der Waals surface area contributed by atoms with Crippen LogP contribution >= 0.6 is 0 Å².